The third kappa shape index (κ3) is 3.66. The Morgan fingerprint density at radius 1 is 1.17 bits per heavy atom. The number of nitro benzene ring substituents is 1. The summed E-state index contributed by atoms with van der Waals surface area (Å²) in [6.45, 7) is 2.04. The lowest BCUT2D eigenvalue weighted by atomic mass is 10.0. The molecule has 0 spiro atoms. The first-order chi connectivity index (χ1) is 14.0. The molecule has 7 nitrogen and oxygen atoms in total. The van der Waals surface area contributed by atoms with Crippen LogP contribution in [0.15, 0.2) is 53.3 Å². The Hall–Kier alpha value is -3.04. The summed E-state index contributed by atoms with van der Waals surface area (Å²) in [6, 6.07) is 12.4. The van der Waals surface area contributed by atoms with Crippen molar-refractivity contribution in [2.24, 2.45) is 0 Å². The lowest BCUT2D eigenvalue weighted by Crippen LogP contribution is -1.99. The number of nitro groups is 1. The summed E-state index contributed by atoms with van der Waals surface area (Å²) in [5.74, 6) is 1.05. The molecule has 29 heavy (non-hydrogen) atoms. The molecule has 0 amide bonds. The van der Waals surface area contributed by atoms with Crippen LogP contribution in [-0.2, 0) is 0 Å². The highest BCUT2D eigenvalue weighted by atomic mass is 79.9. The highest BCUT2D eigenvalue weighted by Gasteiger charge is 2.19. The second-order valence-corrected chi connectivity index (χ2v) is 8.33. The van der Waals surface area contributed by atoms with Crippen molar-refractivity contribution in [3.8, 4) is 16.9 Å². The number of halogens is 1. The first kappa shape index (κ1) is 19.3. The van der Waals surface area contributed by atoms with E-state index >= 15 is 0 Å². The van der Waals surface area contributed by atoms with Gasteiger partial charge in [0.25, 0.3) is 5.69 Å². The fraction of sp³-hybridized carbons (Fsp3) is 0.100. The van der Waals surface area contributed by atoms with Crippen molar-refractivity contribution in [1.29, 1.82) is 0 Å². The van der Waals surface area contributed by atoms with Gasteiger partial charge in [0.15, 0.2) is 0 Å². The van der Waals surface area contributed by atoms with Crippen molar-refractivity contribution in [3.05, 3.63) is 68.3 Å². The third-order valence-corrected chi connectivity index (χ3v) is 5.99. The highest BCUT2D eigenvalue weighted by Crippen LogP contribution is 2.42. The minimum absolute atomic E-state index is 0.0340. The van der Waals surface area contributed by atoms with Gasteiger partial charge in [0.2, 0.25) is 0 Å². The fourth-order valence-electron chi connectivity index (χ4n) is 3.14. The van der Waals surface area contributed by atoms with E-state index in [9.17, 15) is 10.1 Å². The first-order valence-corrected chi connectivity index (χ1v) is 10.2. The molecule has 2 heterocycles. The van der Waals surface area contributed by atoms with Gasteiger partial charge in [-0.15, -0.1) is 11.3 Å². The van der Waals surface area contributed by atoms with Crippen LogP contribution in [-0.4, -0.2) is 22.0 Å². The van der Waals surface area contributed by atoms with Gasteiger partial charge in [-0.05, 0) is 30.7 Å². The van der Waals surface area contributed by atoms with Gasteiger partial charge in [-0.25, -0.2) is 9.97 Å². The van der Waals surface area contributed by atoms with Crippen LogP contribution in [0.3, 0.4) is 0 Å². The average Bonchev–Trinajstić information content (AvgIpc) is 3.05. The number of nitrogens with zero attached hydrogens (tertiary/aromatic N) is 3. The van der Waals surface area contributed by atoms with Gasteiger partial charge in [-0.2, -0.15) is 0 Å². The molecule has 0 atom stereocenters. The number of benzene rings is 2. The summed E-state index contributed by atoms with van der Waals surface area (Å²) in [4.78, 5) is 21.5. The topological polar surface area (TPSA) is 90.2 Å². The van der Waals surface area contributed by atoms with Crippen LogP contribution in [0.1, 0.15) is 4.88 Å². The van der Waals surface area contributed by atoms with Crippen molar-refractivity contribution in [3.63, 3.8) is 0 Å². The Balaban J connectivity index is 1.89. The second-order valence-electron chi connectivity index (χ2n) is 6.21. The zero-order valence-electron chi connectivity index (χ0n) is 15.5. The van der Waals surface area contributed by atoms with Crippen molar-refractivity contribution >= 4 is 54.7 Å². The Morgan fingerprint density at radius 3 is 2.62 bits per heavy atom. The maximum Gasteiger partial charge on any atom is 0.271 e. The number of nitrogens with one attached hydrogen (secondary N) is 1. The van der Waals surface area contributed by atoms with Gasteiger partial charge in [0, 0.05) is 27.0 Å². The summed E-state index contributed by atoms with van der Waals surface area (Å²) in [7, 11) is 1.52. The Bertz CT molecular complexity index is 1220. The third-order valence-electron chi connectivity index (χ3n) is 4.44. The van der Waals surface area contributed by atoms with Gasteiger partial charge < -0.3 is 10.1 Å². The van der Waals surface area contributed by atoms with E-state index in [4.69, 9.17) is 4.74 Å². The molecule has 0 aliphatic carbocycles. The van der Waals surface area contributed by atoms with Gasteiger partial charge >= 0.3 is 0 Å². The number of rotatable bonds is 5. The number of aromatic nitrogens is 2. The zero-order chi connectivity index (χ0) is 20.5. The molecule has 0 bridgehead atoms. The maximum atomic E-state index is 11.2. The van der Waals surface area contributed by atoms with E-state index in [1.807, 2.05) is 31.2 Å². The number of hydrogen-bond acceptors (Lipinski definition) is 7. The molecule has 0 aliphatic heterocycles. The van der Waals surface area contributed by atoms with E-state index in [1.54, 1.807) is 17.4 Å². The lowest BCUT2D eigenvalue weighted by molar-refractivity contribution is -0.384. The van der Waals surface area contributed by atoms with E-state index in [-0.39, 0.29) is 5.69 Å². The minimum atomic E-state index is -0.442. The number of non-ortho nitro benzene ring substituents is 1. The maximum absolute atomic E-state index is 11.2. The predicted octanol–water partition coefficient (Wildman–Crippen LogP) is 6.09. The first-order valence-electron chi connectivity index (χ1n) is 8.57. The van der Waals surface area contributed by atoms with Crippen molar-refractivity contribution in [1.82, 2.24) is 9.97 Å². The molecule has 0 unspecified atom stereocenters. The largest absolute Gasteiger partial charge is 0.495 e. The Labute approximate surface area is 178 Å². The normalized spacial score (nSPS) is 10.9. The van der Waals surface area contributed by atoms with E-state index in [0.717, 1.165) is 30.7 Å². The summed E-state index contributed by atoms with van der Waals surface area (Å²) >= 11 is 5.04. The number of fused-ring (bicyclic) bond motifs is 1. The summed E-state index contributed by atoms with van der Waals surface area (Å²) in [5, 5.41) is 15.3. The number of ether oxygens (including phenoxy) is 1. The predicted molar refractivity (Wildman–Crippen MR) is 118 cm³/mol. The molecule has 1 N–H and O–H groups in total. The number of aryl methyl sites for hydroxylation is 1. The molecule has 0 saturated heterocycles. The molecule has 2 aromatic heterocycles. The fourth-order valence-corrected chi connectivity index (χ4v) is 4.41. The standard InChI is InChI=1S/C20H15BrN4O3S/c1-11-17(12-3-5-13(21)6-4-12)18-19(22-10-23-20(18)29-11)24-15-9-14(25(26)27)7-8-16(15)28-2/h3-10H,1-2H3,(H,22,23,24). The van der Waals surface area contributed by atoms with Crippen molar-refractivity contribution < 1.29 is 9.66 Å². The molecule has 4 aromatic rings. The van der Waals surface area contributed by atoms with E-state index in [0.29, 0.717) is 17.3 Å². The number of thiophene rings is 1. The average molecular weight is 471 g/mol. The number of hydrogen-bond donors (Lipinski definition) is 1. The van der Waals surface area contributed by atoms with Gasteiger partial charge in [-0.1, -0.05) is 28.1 Å². The quantitative estimate of drug-likeness (QED) is 0.280. The minimum Gasteiger partial charge on any atom is -0.495 e. The highest BCUT2D eigenvalue weighted by molar-refractivity contribution is 9.10. The van der Waals surface area contributed by atoms with Crippen LogP contribution < -0.4 is 10.1 Å². The number of anilines is 2. The molecule has 2 aromatic carbocycles. The number of methoxy groups -OCH3 is 1. The van der Waals surface area contributed by atoms with Crippen LogP contribution in [0, 0.1) is 17.0 Å². The van der Waals surface area contributed by atoms with Crippen LogP contribution in [0.5, 0.6) is 5.75 Å². The van der Waals surface area contributed by atoms with Crippen molar-refractivity contribution in [2.75, 3.05) is 12.4 Å². The smallest absolute Gasteiger partial charge is 0.271 e. The monoisotopic (exact) mass is 470 g/mol. The van der Waals surface area contributed by atoms with Crippen molar-refractivity contribution in [2.45, 2.75) is 6.92 Å². The molecular formula is C20H15BrN4O3S. The SMILES string of the molecule is COc1ccc([N+](=O)[O-])cc1Nc1ncnc2sc(C)c(-c3ccc(Br)cc3)c12. The zero-order valence-corrected chi connectivity index (χ0v) is 17.9. The van der Waals surface area contributed by atoms with Crippen LogP contribution in [0.4, 0.5) is 17.2 Å². The van der Waals surface area contributed by atoms with Crippen LogP contribution in [0.2, 0.25) is 0 Å². The molecule has 9 heteroatoms. The van der Waals surface area contributed by atoms with Gasteiger partial charge in [0.1, 0.15) is 22.7 Å². The molecule has 0 aliphatic rings. The van der Waals surface area contributed by atoms with E-state index in [1.165, 1.54) is 25.6 Å². The molecular weight excluding hydrogens is 456 g/mol. The van der Waals surface area contributed by atoms with E-state index in [2.05, 4.69) is 31.2 Å². The van der Waals surface area contributed by atoms with Gasteiger partial charge in [-0.3, -0.25) is 10.1 Å². The second kappa shape index (κ2) is 7.76. The Kier molecular flexibility index (Phi) is 5.16. The summed E-state index contributed by atoms with van der Waals surface area (Å²) in [5.41, 5.74) is 2.51. The lowest BCUT2D eigenvalue weighted by Gasteiger charge is -2.12. The Morgan fingerprint density at radius 2 is 1.93 bits per heavy atom. The molecule has 0 saturated carbocycles. The van der Waals surface area contributed by atoms with E-state index < -0.39 is 4.92 Å². The molecule has 4 rings (SSSR count). The van der Waals surface area contributed by atoms with Gasteiger partial charge in [0.05, 0.1) is 23.1 Å². The summed E-state index contributed by atoms with van der Waals surface area (Å²) in [6.07, 6.45) is 1.48. The molecule has 0 fully saturated rings. The van der Waals surface area contributed by atoms with Crippen LogP contribution in [0.25, 0.3) is 21.3 Å². The molecule has 0 radical (unpaired) electrons. The van der Waals surface area contributed by atoms with Crippen LogP contribution >= 0.6 is 27.3 Å². The molecule has 146 valence electrons. The summed E-state index contributed by atoms with van der Waals surface area (Å²) < 4.78 is 6.36.